The lowest BCUT2D eigenvalue weighted by Crippen LogP contribution is -2.41. The summed E-state index contributed by atoms with van der Waals surface area (Å²) < 4.78 is 15.5. The second kappa shape index (κ2) is 10.9. The van der Waals surface area contributed by atoms with Crippen LogP contribution in [0.2, 0.25) is 0 Å². The Morgan fingerprint density at radius 3 is 2.53 bits per heavy atom. The molecular formula is C22H27N3O6S. The van der Waals surface area contributed by atoms with Gasteiger partial charge in [-0.05, 0) is 38.0 Å². The third kappa shape index (κ3) is 5.76. The smallest absolute Gasteiger partial charge is 0.309 e. The minimum Gasteiger partial charge on any atom is -0.493 e. The molecule has 0 atom stereocenters. The van der Waals surface area contributed by atoms with Crippen molar-refractivity contribution in [1.82, 2.24) is 9.88 Å². The van der Waals surface area contributed by atoms with E-state index in [-0.39, 0.29) is 30.1 Å². The van der Waals surface area contributed by atoms with E-state index in [1.807, 2.05) is 0 Å². The Morgan fingerprint density at radius 1 is 1.16 bits per heavy atom. The predicted octanol–water partition coefficient (Wildman–Crippen LogP) is 2.76. The first kappa shape index (κ1) is 23.5. The van der Waals surface area contributed by atoms with Gasteiger partial charge in [-0.2, -0.15) is 0 Å². The molecule has 2 heterocycles. The van der Waals surface area contributed by atoms with Gasteiger partial charge in [0.05, 0.1) is 38.9 Å². The van der Waals surface area contributed by atoms with E-state index in [9.17, 15) is 14.4 Å². The topological polar surface area (TPSA) is 107 Å². The van der Waals surface area contributed by atoms with Crippen molar-refractivity contribution in [2.75, 3.05) is 39.2 Å². The molecular weight excluding hydrogens is 434 g/mol. The van der Waals surface area contributed by atoms with Crippen molar-refractivity contribution in [2.24, 2.45) is 5.92 Å². The van der Waals surface area contributed by atoms with Crippen LogP contribution in [-0.4, -0.2) is 61.6 Å². The maximum absolute atomic E-state index is 12.6. The predicted molar refractivity (Wildman–Crippen MR) is 119 cm³/mol. The van der Waals surface area contributed by atoms with Crippen molar-refractivity contribution >= 4 is 34.3 Å². The summed E-state index contributed by atoms with van der Waals surface area (Å²) in [5.74, 6) is 0.280. The number of nitrogens with one attached hydrogen (secondary N) is 1. The number of esters is 1. The van der Waals surface area contributed by atoms with Gasteiger partial charge in [0.1, 0.15) is 0 Å². The molecule has 2 aromatic rings. The fourth-order valence-electron chi connectivity index (χ4n) is 3.48. The highest BCUT2D eigenvalue weighted by Crippen LogP contribution is 2.28. The minimum atomic E-state index is -0.334. The largest absolute Gasteiger partial charge is 0.493 e. The summed E-state index contributed by atoms with van der Waals surface area (Å²) in [5.41, 5.74) is 0.995. The molecule has 1 aliphatic heterocycles. The second-order valence-electron chi connectivity index (χ2n) is 7.25. The number of anilines is 1. The molecule has 1 aromatic heterocycles. The maximum Gasteiger partial charge on any atom is 0.309 e. The molecule has 0 unspecified atom stereocenters. The van der Waals surface area contributed by atoms with Gasteiger partial charge >= 0.3 is 5.97 Å². The van der Waals surface area contributed by atoms with Gasteiger partial charge in [-0.15, -0.1) is 11.3 Å². The Hall–Kier alpha value is -3.14. The second-order valence-corrected chi connectivity index (χ2v) is 8.11. The van der Waals surface area contributed by atoms with Crippen molar-refractivity contribution in [3.05, 3.63) is 34.8 Å². The first-order chi connectivity index (χ1) is 15.4. The fraction of sp³-hybridized carbons (Fsp3) is 0.455. The number of carbonyl (C=O) groups is 3. The Labute approximate surface area is 190 Å². The molecule has 1 saturated heterocycles. The van der Waals surface area contributed by atoms with Crippen LogP contribution in [0.25, 0.3) is 0 Å². The molecule has 1 aromatic carbocycles. The van der Waals surface area contributed by atoms with Gasteiger partial charge in [0.25, 0.3) is 5.91 Å². The first-order valence-corrected chi connectivity index (χ1v) is 11.2. The number of carbonyl (C=O) groups excluding carboxylic acids is 3. The molecule has 0 saturated carbocycles. The van der Waals surface area contributed by atoms with E-state index in [0.717, 1.165) is 0 Å². The zero-order chi connectivity index (χ0) is 23.1. The quantitative estimate of drug-likeness (QED) is 0.603. The number of nitrogens with zero attached hydrogens (tertiary/aromatic N) is 2. The van der Waals surface area contributed by atoms with Gasteiger partial charge in [0.15, 0.2) is 16.6 Å². The SMILES string of the molecule is CCOC(=O)C1CCN(C(=O)Cc2csc(NC(=O)c3ccc(OC)c(OC)c3)n2)CC1. The molecule has 0 bridgehead atoms. The molecule has 0 aliphatic carbocycles. The van der Waals surface area contributed by atoms with Crippen molar-refractivity contribution in [3.63, 3.8) is 0 Å². The summed E-state index contributed by atoms with van der Waals surface area (Å²) in [6, 6.07) is 4.88. The Balaban J connectivity index is 1.53. The van der Waals surface area contributed by atoms with Crippen LogP contribution in [0.1, 0.15) is 35.8 Å². The summed E-state index contributed by atoms with van der Waals surface area (Å²) in [6.07, 6.45) is 1.36. The van der Waals surface area contributed by atoms with Crippen LogP contribution in [0, 0.1) is 5.92 Å². The summed E-state index contributed by atoms with van der Waals surface area (Å²) in [5, 5.41) is 4.91. The average molecular weight is 462 g/mol. The zero-order valence-electron chi connectivity index (χ0n) is 18.4. The molecule has 9 nitrogen and oxygen atoms in total. The number of piperidine rings is 1. The molecule has 3 rings (SSSR count). The van der Waals surface area contributed by atoms with Crippen molar-refractivity contribution < 1.29 is 28.6 Å². The monoisotopic (exact) mass is 461 g/mol. The van der Waals surface area contributed by atoms with Crippen LogP contribution < -0.4 is 14.8 Å². The molecule has 0 spiro atoms. The number of hydrogen-bond acceptors (Lipinski definition) is 8. The molecule has 32 heavy (non-hydrogen) atoms. The van der Waals surface area contributed by atoms with Crippen LogP contribution in [0.4, 0.5) is 5.13 Å². The van der Waals surface area contributed by atoms with Crippen LogP contribution in [0.5, 0.6) is 11.5 Å². The molecule has 10 heteroatoms. The van der Waals surface area contributed by atoms with E-state index >= 15 is 0 Å². The fourth-order valence-corrected chi connectivity index (χ4v) is 4.19. The Kier molecular flexibility index (Phi) is 8.04. The molecule has 1 N–H and O–H groups in total. The summed E-state index contributed by atoms with van der Waals surface area (Å²) in [4.78, 5) is 43.1. The lowest BCUT2D eigenvalue weighted by atomic mass is 9.97. The number of methoxy groups -OCH3 is 2. The number of hydrogen-bond donors (Lipinski definition) is 1. The first-order valence-electron chi connectivity index (χ1n) is 10.4. The van der Waals surface area contributed by atoms with E-state index in [0.29, 0.717) is 60.4 Å². The van der Waals surface area contributed by atoms with Gasteiger partial charge in [0.2, 0.25) is 5.91 Å². The zero-order valence-corrected chi connectivity index (χ0v) is 19.2. The van der Waals surface area contributed by atoms with E-state index in [1.165, 1.54) is 25.6 Å². The molecule has 0 radical (unpaired) electrons. The lowest BCUT2D eigenvalue weighted by molar-refractivity contribution is -0.151. The highest BCUT2D eigenvalue weighted by atomic mass is 32.1. The van der Waals surface area contributed by atoms with Gasteiger partial charge < -0.3 is 19.1 Å². The summed E-state index contributed by atoms with van der Waals surface area (Å²) in [7, 11) is 3.03. The number of aromatic nitrogens is 1. The molecule has 1 fully saturated rings. The van der Waals surface area contributed by atoms with Crippen LogP contribution in [0.15, 0.2) is 23.6 Å². The third-order valence-electron chi connectivity index (χ3n) is 5.22. The number of ether oxygens (including phenoxy) is 3. The number of amides is 2. The number of rotatable bonds is 8. The summed E-state index contributed by atoms with van der Waals surface area (Å²) >= 11 is 1.26. The Morgan fingerprint density at radius 2 is 1.88 bits per heavy atom. The van der Waals surface area contributed by atoms with E-state index < -0.39 is 0 Å². The van der Waals surface area contributed by atoms with Gasteiger partial charge in [-0.25, -0.2) is 4.98 Å². The average Bonchev–Trinajstić information content (AvgIpc) is 3.25. The van der Waals surface area contributed by atoms with Crippen LogP contribution in [0.3, 0.4) is 0 Å². The number of likely N-dealkylation sites (tertiary alicyclic amines) is 1. The normalized spacial score (nSPS) is 14.0. The third-order valence-corrected chi connectivity index (χ3v) is 6.02. The highest BCUT2D eigenvalue weighted by Gasteiger charge is 2.28. The van der Waals surface area contributed by atoms with Crippen LogP contribution >= 0.6 is 11.3 Å². The number of thiazole rings is 1. The molecule has 1 aliphatic rings. The minimum absolute atomic E-state index is 0.0459. The Bertz CT molecular complexity index is 968. The molecule has 172 valence electrons. The van der Waals surface area contributed by atoms with Crippen LogP contribution in [-0.2, 0) is 20.7 Å². The van der Waals surface area contributed by atoms with Gasteiger partial charge in [-0.1, -0.05) is 0 Å². The van der Waals surface area contributed by atoms with E-state index in [4.69, 9.17) is 14.2 Å². The van der Waals surface area contributed by atoms with Gasteiger partial charge in [0, 0.05) is 24.0 Å². The van der Waals surface area contributed by atoms with Crippen molar-refractivity contribution in [1.29, 1.82) is 0 Å². The maximum atomic E-state index is 12.6. The van der Waals surface area contributed by atoms with E-state index in [2.05, 4.69) is 10.3 Å². The van der Waals surface area contributed by atoms with Crippen molar-refractivity contribution in [3.8, 4) is 11.5 Å². The van der Waals surface area contributed by atoms with E-state index in [1.54, 1.807) is 35.4 Å². The number of benzene rings is 1. The van der Waals surface area contributed by atoms with Crippen molar-refractivity contribution in [2.45, 2.75) is 26.2 Å². The summed E-state index contributed by atoms with van der Waals surface area (Å²) in [6.45, 7) is 3.20. The van der Waals surface area contributed by atoms with Gasteiger partial charge in [-0.3, -0.25) is 19.7 Å². The molecule has 2 amide bonds. The lowest BCUT2D eigenvalue weighted by Gasteiger charge is -2.30. The highest BCUT2D eigenvalue weighted by molar-refractivity contribution is 7.14. The standard InChI is InChI=1S/C22H27N3O6S/c1-4-31-21(28)14-7-9-25(10-8-14)19(26)12-16-13-32-22(23-16)24-20(27)15-5-6-17(29-2)18(11-15)30-3/h5-6,11,13-14H,4,7-10,12H2,1-3H3,(H,23,24,27).